The predicted molar refractivity (Wildman–Crippen MR) is 77.7 cm³/mol. The van der Waals surface area contributed by atoms with Gasteiger partial charge < -0.3 is 15.2 Å². The minimum Gasteiger partial charge on any atom is -0.457 e. The highest BCUT2D eigenvalue weighted by Gasteiger charge is 2.08. The summed E-state index contributed by atoms with van der Waals surface area (Å²) in [5, 5.41) is 12.7. The fraction of sp³-hybridized carbons (Fsp3) is 0.250. The summed E-state index contributed by atoms with van der Waals surface area (Å²) < 4.78 is 5.76. The van der Waals surface area contributed by atoms with Crippen molar-refractivity contribution in [3.8, 4) is 11.5 Å². The second-order valence-corrected chi connectivity index (χ2v) is 4.62. The van der Waals surface area contributed by atoms with Gasteiger partial charge in [-0.3, -0.25) is 0 Å². The molecular weight excluding hydrogens is 238 g/mol. The molecule has 0 aromatic heterocycles. The molecule has 2 unspecified atom stereocenters. The molecule has 0 saturated heterocycles. The van der Waals surface area contributed by atoms with E-state index in [1.54, 1.807) is 6.92 Å². The Morgan fingerprint density at radius 3 is 2.32 bits per heavy atom. The van der Waals surface area contributed by atoms with Crippen LogP contribution in [0, 0.1) is 0 Å². The molecule has 3 heteroatoms. The fourth-order valence-corrected chi connectivity index (χ4v) is 1.66. The first-order chi connectivity index (χ1) is 9.15. The van der Waals surface area contributed by atoms with Crippen molar-refractivity contribution in [1.82, 2.24) is 0 Å². The Hall–Kier alpha value is -2.00. The fourth-order valence-electron chi connectivity index (χ4n) is 1.66. The van der Waals surface area contributed by atoms with E-state index >= 15 is 0 Å². The second kappa shape index (κ2) is 6.25. The number of nitrogens with one attached hydrogen (secondary N) is 1. The van der Waals surface area contributed by atoms with Crippen LogP contribution in [0.2, 0.25) is 0 Å². The third-order valence-electron chi connectivity index (χ3n) is 2.93. The number of rotatable bonds is 5. The molecule has 0 fully saturated rings. The van der Waals surface area contributed by atoms with E-state index < -0.39 is 6.10 Å². The normalized spacial score (nSPS) is 13.6. The number of aliphatic hydroxyl groups is 1. The molecule has 2 atom stereocenters. The average Bonchev–Trinajstić information content (AvgIpc) is 2.40. The molecule has 2 N–H and O–H groups in total. The molecule has 0 aliphatic carbocycles. The van der Waals surface area contributed by atoms with Crippen LogP contribution in [0.25, 0.3) is 0 Å². The topological polar surface area (TPSA) is 41.5 Å². The average molecular weight is 257 g/mol. The molecule has 19 heavy (non-hydrogen) atoms. The van der Waals surface area contributed by atoms with Crippen LogP contribution in [0.5, 0.6) is 11.5 Å². The molecule has 0 aliphatic heterocycles. The van der Waals surface area contributed by atoms with Gasteiger partial charge in [-0.1, -0.05) is 24.3 Å². The summed E-state index contributed by atoms with van der Waals surface area (Å²) >= 11 is 0. The molecule has 0 heterocycles. The molecule has 3 nitrogen and oxygen atoms in total. The first-order valence-corrected chi connectivity index (χ1v) is 6.43. The minimum atomic E-state index is -0.404. The van der Waals surface area contributed by atoms with Crippen LogP contribution in [0.15, 0.2) is 54.6 Å². The molecule has 100 valence electrons. The van der Waals surface area contributed by atoms with E-state index in [1.807, 2.05) is 61.5 Å². The van der Waals surface area contributed by atoms with Gasteiger partial charge in [0.05, 0.1) is 6.10 Å². The summed E-state index contributed by atoms with van der Waals surface area (Å²) in [6.45, 7) is 3.71. The Labute approximate surface area is 113 Å². The van der Waals surface area contributed by atoms with Crippen molar-refractivity contribution in [2.24, 2.45) is 0 Å². The monoisotopic (exact) mass is 257 g/mol. The number of hydrogen-bond donors (Lipinski definition) is 2. The quantitative estimate of drug-likeness (QED) is 0.859. The maximum Gasteiger partial charge on any atom is 0.129 e. The predicted octanol–water partition coefficient (Wildman–Crippen LogP) is 3.66. The third kappa shape index (κ3) is 4.00. The molecule has 0 bridgehead atoms. The Kier molecular flexibility index (Phi) is 4.42. The zero-order valence-electron chi connectivity index (χ0n) is 11.2. The van der Waals surface area contributed by atoms with Crippen molar-refractivity contribution in [2.45, 2.75) is 26.0 Å². The van der Waals surface area contributed by atoms with Gasteiger partial charge in [-0.25, -0.2) is 0 Å². The number of ether oxygens (including phenoxy) is 1. The van der Waals surface area contributed by atoms with Gasteiger partial charge in [0.2, 0.25) is 0 Å². The van der Waals surface area contributed by atoms with Crippen LogP contribution in [0.1, 0.15) is 13.8 Å². The lowest BCUT2D eigenvalue weighted by atomic mass is 10.2. The maximum absolute atomic E-state index is 9.49. The van der Waals surface area contributed by atoms with E-state index in [-0.39, 0.29) is 6.04 Å². The van der Waals surface area contributed by atoms with E-state index in [9.17, 15) is 5.11 Å². The van der Waals surface area contributed by atoms with Gasteiger partial charge in [-0.05, 0) is 38.1 Å². The summed E-state index contributed by atoms with van der Waals surface area (Å²) in [4.78, 5) is 0. The number of benzene rings is 2. The number of para-hydroxylation sites is 1. The highest BCUT2D eigenvalue weighted by Crippen LogP contribution is 2.24. The van der Waals surface area contributed by atoms with Crippen molar-refractivity contribution in [1.29, 1.82) is 0 Å². The van der Waals surface area contributed by atoms with Crippen LogP contribution in [-0.2, 0) is 0 Å². The molecule has 0 aliphatic rings. The van der Waals surface area contributed by atoms with Gasteiger partial charge in [-0.15, -0.1) is 0 Å². The van der Waals surface area contributed by atoms with Gasteiger partial charge in [-0.2, -0.15) is 0 Å². The van der Waals surface area contributed by atoms with Crippen molar-refractivity contribution < 1.29 is 9.84 Å². The van der Waals surface area contributed by atoms with Crippen LogP contribution in [0.3, 0.4) is 0 Å². The highest BCUT2D eigenvalue weighted by molar-refractivity contribution is 5.49. The maximum atomic E-state index is 9.49. The third-order valence-corrected chi connectivity index (χ3v) is 2.93. The van der Waals surface area contributed by atoms with E-state index in [0.29, 0.717) is 0 Å². The molecular formula is C16H19NO2. The van der Waals surface area contributed by atoms with Crippen molar-refractivity contribution in [2.75, 3.05) is 5.32 Å². The summed E-state index contributed by atoms with van der Waals surface area (Å²) in [7, 11) is 0. The lowest BCUT2D eigenvalue weighted by Gasteiger charge is -2.18. The molecule has 2 rings (SSSR count). The lowest BCUT2D eigenvalue weighted by Crippen LogP contribution is -2.27. The Morgan fingerprint density at radius 1 is 0.947 bits per heavy atom. The SMILES string of the molecule is CC(O)C(C)Nc1cccc(Oc2ccccc2)c1. The zero-order valence-corrected chi connectivity index (χ0v) is 11.2. The van der Waals surface area contributed by atoms with Crippen LogP contribution in [-0.4, -0.2) is 17.3 Å². The van der Waals surface area contributed by atoms with Gasteiger partial charge in [0.15, 0.2) is 0 Å². The van der Waals surface area contributed by atoms with E-state index in [4.69, 9.17) is 4.74 Å². The summed E-state index contributed by atoms with van der Waals surface area (Å²) in [6, 6.07) is 17.4. The van der Waals surface area contributed by atoms with Crippen LogP contribution in [0.4, 0.5) is 5.69 Å². The van der Waals surface area contributed by atoms with Gasteiger partial charge in [0, 0.05) is 17.8 Å². The van der Waals surface area contributed by atoms with Gasteiger partial charge >= 0.3 is 0 Å². The summed E-state index contributed by atoms with van der Waals surface area (Å²) in [5.41, 5.74) is 0.932. The molecule has 0 amide bonds. The smallest absolute Gasteiger partial charge is 0.129 e. The molecule has 0 spiro atoms. The van der Waals surface area contributed by atoms with Crippen LogP contribution >= 0.6 is 0 Å². The van der Waals surface area contributed by atoms with Gasteiger partial charge in [0.1, 0.15) is 11.5 Å². The minimum absolute atomic E-state index is 0.00743. The Bertz CT molecular complexity index is 511. The highest BCUT2D eigenvalue weighted by atomic mass is 16.5. The van der Waals surface area contributed by atoms with E-state index in [0.717, 1.165) is 17.2 Å². The molecule has 2 aromatic rings. The largest absolute Gasteiger partial charge is 0.457 e. The van der Waals surface area contributed by atoms with E-state index in [1.165, 1.54) is 0 Å². The lowest BCUT2D eigenvalue weighted by molar-refractivity contribution is 0.178. The van der Waals surface area contributed by atoms with Gasteiger partial charge in [0.25, 0.3) is 0 Å². The molecule has 0 radical (unpaired) electrons. The van der Waals surface area contributed by atoms with Crippen LogP contribution < -0.4 is 10.1 Å². The zero-order chi connectivity index (χ0) is 13.7. The van der Waals surface area contributed by atoms with Crippen molar-refractivity contribution in [3.05, 3.63) is 54.6 Å². The Balaban J connectivity index is 2.07. The first kappa shape index (κ1) is 13.4. The summed E-state index contributed by atoms with van der Waals surface area (Å²) in [6.07, 6.45) is -0.404. The molecule has 2 aromatic carbocycles. The van der Waals surface area contributed by atoms with Crippen molar-refractivity contribution >= 4 is 5.69 Å². The number of anilines is 1. The standard InChI is InChI=1S/C16H19NO2/c1-12(13(2)18)17-14-7-6-10-16(11-14)19-15-8-4-3-5-9-15/h3-13,17-18H,1-2H3. The second-order valence-electron chi connectivity index (χ2n) is 4.62. The number of hydrogen-bond acceptors (Lipinski definition) is 3. The number of aliphatic hydroxyl groups excluding tert-OH is 1. The first-order valence-electron chi connectivity index (χ1n) is 6.43. The van der Waals surface area contributed by atoms with E-state index in [2.05, 4.69) is 5.32 Å². The Morgan fingerprint density at radius 2 is 1.63 bits per heavy atom. The van der Waals surface area contributed by atoms with Crippen molar-refractivity contribution in [3.63, 3.8) is 0 Å². The summed E-state index contributed by atoms with van der Waals surface area (Å²) in [5.74, 6) is 1.58. The molecule has 0 saturated carbocycles.